The van der Waals surface area contributed by atoms with Gasteiger partial charge in [-0.1, -0.05) is 36.4 Å². The molecule has 0 aliphatic carbocycles. The molecule has 1 aromatic heterocycles. The largest absolute Gasteiger partial charge is 0.483 e. The minimum Gasteiger partial charge on any atom is -0.483 e. The molecule has 0 radical (unpaired) electrons. The molecule has 0 aliphatic rings. The van der Waals surface area contributed by atoms with Crippen molar-refractivity contribution < 1.29 is 18.7 Å². The van der Waals surface area contributed by atoms with E-state index in [9.17, 15) is 14.0 Å². The number of rotatable bonds is 7. The first-order valence-corrected chi connectivity index (χ1v) is 10.3. The van der Waals surface area contributed by atoms with E-state index in [4.69, 9.17) is 4.74 Å². The number of hydrogen-bond donors (Lipinski definition) is 2. The number of aromatic nitrogens is 1. The van der Waals surface area contributed by atoms with Crippen LogP contribution in [0.5, 0.6) is 5.75 Å². The molecule has 0 unspecified atom stereocenters. The average Bonchev–Trinajstić information content (AvgIpc) is 3.21. The van der Waals surface area contributed by atoms with E-state index in [1.807, 2.05) is 24.3 Å². The van der Waals surface area contributed by atoms with Gasteiger partial charge in [0.2, 0.25) is 0 Å². The Morgan fingerprint density at radius 3 is 2.55 bits per heavy atom. The summed E-state index contributed by atoms with van der Waals surface area (Å²) in [5, 5.41) is 6.06. The van der Waals surface area contributed by atoms with Gasteiger partial charge in [-0.3, -0.25) is 9.59 Å². The highest BCUT2D eigenvalue weighted by atomic mass is 32.1. The number of benzene rings is 3. The Balaban J connectivity index is 1.37. The molecule has 4 rings (SSSR count). The van der Waals surface area contributed by atoms with Crippen LogP contribution < -0.4 is 15.4 Å². The second-order valence-corrected chi connectivity index (χ2v) is 7.69. The zero-order chi connectivity index (χ0) is 21.6. The van der Waals surface area contributed by atoms with Crippen LogP contribution in [0.3, 0.4) is 0 Å². The highest BCUT2D eigenvalue weighted by molar-refractivity contribution is 7.18. The van der Waals surface area contributed by atoms with Gasteiger partial charge in [0.25, 0.3) is 11.8 Å². The summed E-state index contributed by atoms with van der Waals surface area (Å²) in [5.74, 6) is -1.15. The molecular formula is C23H18FN3O3S. The van der Waals surface area contributed by atoms with Crippen LogP contribution in [-0.4, -0.2) is 23.4 Å². The Labute approximate surface area is 181 Å². The summed E-state index contributed by atoms with van der Waals surface area (Å²) in [6.07, 6.45) is 0. The molecule has 156 valence electrons. The molecule has 4 aromatic rings. The number of halogens is 1. The lowest BCUT2D eigenvalue weighted by atomic mass is 10.2. The predicted octanol–water partition coefficient (Wildman–Crippen LogP) is 4.38. The van der Waals surface area contributed by atoms with E-state index in [1.165, 1.54) is 29.5 Å². The van der Waals surface area contributed by atoms with Crippen molar-refractivity contribution in [2.75, 3.05) is 11.9 Å². The molecule has 31 heavy (non-hydrogen) atoms. The van der Waals surface area contributed by atoms with E-state index >= 15 is 0 Å². The minimum atomic E-state index is -0.537. The zero-order valence-electron chi connectivity index (χ0n) is 16.3. The normalized spacial score (nSPS) is 10.6. The third-order valence-corrected chi connectivity index (χ3v) is 5.41. The molecule has 0 saturated heterocycles. The lowest BCUT2D eigenvalue weighted by molar-refractivity contribution is -0.118. The maximum atomic E-state index is 13.7. The number of hydrogen-bond acceptors (Lipinski definition) is 5. The van der Waals surface area contributed by atoms with Crippen LogP contribution in [0.15, 0.2) is 72.8 Å². The fourth-order valence-corrected chi connectivity index (χ4v) is 3.83. The molecule has 6 nitrogen and oxygen atoms in total. The summed E-state index contributed by atoms with van der Waals surface area (Å²) >= 11 is 1.51. The van der Waals surface area contributed by atoms with Crippen molar-refractivity contribution in [1.29, 1.82) is 0 Å². The number of amides is 2. The van der Waals surface area contributed by atoms with Crippen molar-refractivity contribution in [1.82, 2.24) is 10.3 Å². The van der Waals surface area contributed by atoms with Crippen LogP contribution in [0.2, 0.25) is 0 Å². The fourth-order valence-electron chi connectivity index (χ4n) is 2.92. The maximum Gasteiger partial charge on any atom is 0.262 e. The lowest BCUT2D eigenvalue weighted by Gasteiger charge is -2.12. The Morgan fingerprint density at radius 2 is 1.71 bits per heavy atom. The molecule has 0 fully saturated rings. The number of ether oxygens (including phenoxy) is 1. The third-order valence-electron chi connectivity index (χ3n) is 4.38. The van der Waals surface area contributed by atoms with Gasteiger partial charge >= 0.3 is 0 Å². The van der Waals surface area contributed by atoms with Crippen LogP contribution in [-0.2, 0) is 11.3 Å². The molecule has 0 bridgehead atoms. The van der Waals surface area contributed by atoms with Gasteiger partial charge < -0.3 is 15.4 Å². The third kappa shape index (κ3) is 5.04. The number of anilines is 1. The molecule has 3 aromatic carbocycles. The topological polar surface area (TPSA) is 80.3 Å². The fraction of sp³-hybridized carbons (Fsp3) is 0.0870. The SMILES string of the molecule is O=C(COc1ccccc1C(=O)NCc1nc2ccccc2s1)Nc1ccccc1F. The number of fused-ring (bicyclic) bond motifs is 1. The van der Waals surface area contributed by atoms with Crippen molar-refractivity contribution in [3.05, 3.63) is 89.2 Å². The quantitative estimate of drug-likeness (QED) is 0.451. The van der Waals surface area contributed by atoms with Crippen LogP contribution in [0.4, 0.5) is 10.1 Å². The van der Waals surface area contributed by atoms with Crippen LogP contribution >= 0.6 is 11.3 Å². The first-order valence-electron chi connectivity index (χ1n) is 9.49. The van der Waals surface area contributed by atoms with Crippen LogP contribution in [0, 0.1) is 5.82 Å². The number of para-hydroxylation sites is 3. The standard InChI is InChI=1S/C23H18FN3O3S/c24-16-8-2-3-9-17(16)26-21(28)14-30-19-11-5-1-7-15(19)23(29)25-13-22-27-18-10-4-6-12-20(18)31-22/h1-12H,13-14H2,(H,25,29)(H,26,28). The molecule has 2 N–H and O–H groups in total. The van der Waals surface area contributed by atoms with E-state index in [1.54, 1.807) is 30.3 Å². The van der Waals surface area contributed by atoms with Crippen molar-refractivity contribution in [2.24, 2.45) is 0 Å². The van der Waals surface area contributed by atoms with Gasteiger partial charge in [0.05, 0.1) is 28.0 Å². The lowest BCUT2D eigenvalue weighted by Crippen LogP contribution is -2.25. The van der Waals surface area contributed by atoms with E-state index in [2.05, 4.69) is 15.6 Å². The summed E-state index contributed by atoms with van der Waals surface area (Å²) in [6, 6.07) is 20.2. The molecule has 0 saturated carbocycles. The monoisotopic (exact) mass is 435 g/mol. The van der Waals surface area contributed by atoms with E-state index < -0.39 is 11.7 Å². The smallest absolute Gasteiger partial charge is 0.262 e. The van der Waals surface area contributed by atoms with Gasteiger partial charge in [0.1, 0.15) is 16.6 Å². The Hall–Kier alpha value is -3.78. The van der Waals surface area contributed by atoms with E-state index in [0.29, 0.717) is 5.56 Å². The van der Waals surface area contributed by atoms with Gasteiger partial charge in [0, 0.05) is 0 Å². The van der Waals surface area contributed by atoms with Crippen molar-refractivity contribution in [3.8, 4) is 5.75 Å². The highest BCUT2D eigenvalue weighted by Gasteiger charge is 2.15. The summed E-state index contributed by atoms with van der Waals surface area (Å²) in [5.41, 5.74) is 1.25. The molecule has 2 amide bonds. The van der Waals surface area contributed by atoms with Crippen molar-refractivity contribution in [3.63, 3.8) is 0 Å². The van der Waals surface area contributed by atoms with Gasteiger partial charge in [-0.25, -0.2) is 9.37 Å². The Kier molecular flexibility index (Phi) is 6.18. The van der Waals surface area contributed by atoms with E-state index in [0.717, 1.165) is 15.2 Å². The number of carbonyl (C=O) groups excluding carboxylic acids is 2. The van der Waals surface area contributed by atoms with Crippen molar-refractivity contribution >= 4 is 39.1 Å². The number of nitrogens with zero attached hydrogens (tertiary/aromatic N) is 1. The summed E-state index contributed by atoms with van der Waals surface area (Å²) in [6.45, 7) is -0.0865. The minimum absolute atomic E-state index is 0.0676. The highest BCUT2D eigenvalue weighted by Crippen LogP contribution is 2.22. The summed E-state index contributed by atoms with van der Waals surface area (Å²) < 4.78 is 20.2. The first kappa shape index (κ1) is 20.5. The molecule has 1 heterocycles. The van der Waals surface area contributed by atoms with Gasteiger partial charge in [-0.05, 0) is 36.4 Å². The maximum absolute atomic E-state index is 13.7. The summed E-state index contributed by atoms with van der Waals surface area (Å²) in [7, 11) is 0. The van der Waals surface area contributed by atoms with E-state index in [-0.39, 0.29) is 30.5 Å². The number of carbonyl (C=O) groups is 2. The number of thiazole rings is 1. The van der Waals surface area contributed by atoms with Crippen LogP contribution in [0.1, 0.15) is 15.4 Å². The second-order valence-electron chi connectivity index (χ2n) is 6.57. The number of nitrogens with one attached hydrogen (secondary N) is 2. The molecule has 8 heteroatoms. The Bertz CT molecular complexity index is 1210. The van der Waals surface area contributed by atoms with Gasteiger partial charge in [-0.15, -0.1) is 11.3 Å². The second kappa shape index (κ2) is 9.36. The molecule has 0 atom stereocenters. The van der Waals surface area contributed by atoms with Crippen molar-refractivity contribution in [2.45, 2.75) is 6.54 Å². The molecule has 0 aliphatic heterocycles. The molecular weight excluding hydrogens is 417 g/mol. The molecule has 0 spiro atoms. The van der Waals surface area contributed by atoms with Gasteiger partial charge in [-0.2, -0.15) is 0 Å². The van der Waals surface area contributed by atoms with Crippen LogP contribution in [0.25, 0.3) is 10.2 Å². The summed E-state index contributed by atoms with van der Waals surface area (Å²) in [4.78, 5) is 29.3. The average molecular weight is 435 g/mol. The Morgan fingerprint density at radius 1 is 0.968 bits per heavy atom. The zero-order valence-corrected chi connectivity index (χ0v) is 17.1. The van der Waals surface area contributed by atoms with Gasteiger partial charge in [0.15, 0.2) is 6.61 Å². The predicted molar refractivity (Wildman–Crippen MR) is 118 cm³/mol. The first-order chi connectivity index (χ1) is 15.1.